The van der Waals surface area contributed by atoms with Crippen LogP contribution in [0.15, 0.2) is 12.3 Å². The molecular formula is C11H16BrN5. The zero-order valence-corrected chi connectivity index (χ0v) is 11.7. The van der Waals surface area contributed by atoms with Crippen molar-refractivity contribution in [1.29, 1.82) is 0 Å². The van der Waals surface area contributed by atoms with Gasteiger partial charge >= 0.3 is 0 Å². The van der Waals surface area contributed by atoms with Crippen LogP contribution in [0.25, 0.3) is 0 Å². The van der Waals surface area contributed by atoms with Gasteiger partial charge in [0.15, 0.2) is 0 Å². The zero-order chi connectivity index (χ0) is 12.3. The van der Waals surface area contributed by atoms with Crippen LogP contribution in [-0.2, 0) is 24.8 Å². The molecule has 6 heteroatoms. The van der Waals surface area contributed by atoms with Gasteiger partial charge in [-0.2, -0.15) is 5.10 Å². The molecule has 0 fully saturated rings. The molecule has 0 saturated heterocycles. The summed E-state index contributed by atoms with van der Waals surface area (Å²) in [6.45, 7) is 5.82. The van der Waals surface area contributed by atoms with Gasteiger partial charge in [-0.1, -0.05) is 28.1 Å². The maximum absolute atomic E-state index is 4.52. The Hall–Kier alpha value is -1.17. The van der Waals surface area contributed by atoms with Crippen LogP contribution in [0.4, 0.5) is 0 Å². The molecule has 0 amide bonds. The fraction of sp³-hybridized carbons (Fsp3) is 0.545. The van der Waals surface area contributed by atoms with Gasteiger partial charge in [0.2, 0.25) is 0 Å². The minimum atomic E-state index is 0.723. The Labute approximate surface area is 109 Å². The molecule has 0 N–H and O–H groups in total. The third kappa shape index (κ3) is 2.74. The predicted molar refractivity (Wildman–Crippen MR) is 69.0 cm³/mol. The van der Waals surface area contributed by atoms with E-state index in [9.17, 15) is 0 Å². The molecule has 2 heterocycles. The molecule has 2 aromatic heterocycles. The van der Waals surface area contributed by atoms with Crippen molar-refractivity contribution in [3.63, 3.8) is 0 Å². The van der Waals surface area contributed by atoms with Crippen molar-refractivity contribution in [1.82, 2.24) is 24.8 Å². The SMILES string of the molecule is CCc1cc(Cn2cc(CBr)nn2)n(CC)n1. The molecule has 2 aromatic rings. The summed E-state index contributed by atoms with van der Waals surface area (Å²) in [7, 11) is 0. The second-order valence-electron chi connectivity index (χ2n) is 3.84. The van der Waals surface area contributed by atoms with Crippen LogP contribution < -0.4 is 0 Å². The van der Waals surface area contributed by atoms with Gasteiger partial charge in [0.05, 0.1) is 23.6 Å². The first-order chi connectivity index (χ1) is 8.26. The first-order valence-electron chi connectivity index (χ1n) is 5.77. The van der Waals surface area contributed by atoms with Crippen LogP contribution in [0.3, 0.4) is 0 Å². The lowest BCUT2D eigenvalue weighted by molar-refractivity contribution is 0.563. The molecule has 0 aliphatic heterocycles. The highest BCUT2D eigenvalue weighted by atomic mass is 79.9. The fourth-order valence-electron chi connectivity index (χ4n) is 1.73. The van der Waals surface area contributed by atoms with Gasteiger partial charge in [-0.05, 0) is 19.4 Å². The lowest BCUT2D eigenvalue weighted by Gasteiger charge is -2.03. The second-order valence-corrected chi connectivity index (χ2v) is 4.40. The standard InChI is InChI=1S/C11H16BrN5/c1-3-9-5-11(17(4-2)14-9)8-16-7-10(6-12)13-15-16/h5,7H,3-4,6,8H2,1-2H3. The van der Waals surface area contributed by atoms with Crippen LogP contribution in [0.1, 0.15) is 30.9 Å². The van der Waals surface area contributed by atoms with E-state index < -0.39 is 0 Å². The minimum absolute atomic E-state index is 0.723. The first-order valence-corrected chi connectivity index (χ1v) is 6.89. The molecule has 0 aromatic carbocycles. The summed E-state index contributed by atoms with van der Waals surface area (Å²) in [5.74, 6) is 0. The second kappa shape index (κ2) is 5.44. The van der Waals surface area contributed by atoms with Gasteiger partial charge in [0.1, 0.15) is 0 Å². The van der Waals surface area contributed by atoms with E-state index in [2.05, 4.69) is 51.3 Å². The normalized spacial score (nSPS) is 11.0. The predicted octanol–water partition coefficient (Wildman–Crippen LogP) is 2.00. The Morgan fingerprint density at radius 1 is 1.29 bits per heavy atom. The van der Waals surface area contributed by atoms with E-state index in [4.69, 9.17) is 0 Å². The maximum Gasteiger partial charge on any atom is 0.0932 e. The van der Waals surface area contributed by atoms with Gasteiger partial charge in [-0.3, -0.25) is 4.68 Å². The summed E-state index contributed by atoms with van der Waals surface area (Å²) >= 11 is 3.37. The van der Waals surface area contributed by atoms with Crippen LogP contribution >= 0.6 is 15.9 Å². The number of nitrogens with zero attached hydrogens (tertiary/aromatic N) is 5. The molecule has 0 atom stereocenters. The highest BCUT2D eigenvalue weighted by molar-refractivity contribution is 9.08. The Morgan fingerprint density at radius 3 is 2.71 bits per heavy atom. The number of aromatic nitrogens is 5. The molecule has 0 unspecified atom stereocenters. The third-order valence-electron chi connectivity index (χ3n) is 2.62. The topological polar surface area (TPSA) is 48.5 Å². The molecule has 0 aliphatic carbocycles. The Morgan fingerprint density at radius 2 is 2.12 bits per heavy atom. The number of aryl methyl sites for hydroxylation is 2. The monoisotopic (exact) mass is 297 g/mol. The van der Waals surface area contributed by atoms with Crippen LogP contribution in [-0.4, -0.2) is 24.8 Å². The van der Waals surface area contributed by atoms with Gasteiger partial charge in [0.25, 0.3) is 0 Å². The molecule has 92 valence electrons. The van der Waals surface area contributed by atoms with Crippen molar-refractivity contribution in [2.75, 3.05) is 0 Å². The third-order valence-corrected chi connectivity index (χ3v) is 3.20. The molecule has 5 nitrogen and oxygen atoms in total. The number of halogens is 1. The number of alkyl halides is 1. The lowest BCUT2D eigenvalue weighted by Crippen LogP contribution is -2.08. The molecular weight excluding hydrogens is 282 g/mol. The summed E-state index contributed by atoms with van der Waals surface area (Å²) in [5.41, 5.74) is 3.25. The smallest absolute Gasteiger partial charge is 0.0932 e. The van der Waals surface area contributed by atoms with Crippen molar-refractivity contribution >= 4 is 15.9 Å². The Bertz CT molecular complexity index is 488. The van der Waals surface area contributed by atoms with Crippen LogP contribution in [0.5, 0.6) is 0 Å². The first kappa shape index (κ1) is 12.3. The quantitative estimate of drug-likeness (QED) is 0.793. The molecule has 2 rings (SSSR count). The Balaban J connectivity index is 2.19. The van der Waals surface area contributed by atoms with Gasteiger partial charge in [-0.15, -0.1) is 5.10 Å². The van der Waals surface area contributed by atoms with E-state index in [1.54, 1.807) is 0 Å². The van der Waals surface area contributed by atoms with E-state index in [-0.39, 0.29) is 0 Å². The van der Waals surface area contributed by atoms with Crippen molar-refractivity contribution < 1.29 is 0 Å². The molecule has 17 heavy (non-hydrogen) atoms. The van der Waals surface area contributed by atoms with E-state index in [1.807, 2.05) is 15.6 Å². The summed E-state index contributed by atoms with van der Waals surface area (Å²) < 4.78 is 3.87. The van der Waals surface area contributed by atoms with Crippen molar-refractivity contribution in [3.05, 3.63) is 29.3 Å². The van der Waals surface area contributed by atoms with Crippen molar-refractivity contribution in [3.8, 4) is 0 Å². The largest absolute Gasteiger partial charge is 0.268 e. The van der Waals surface area contributed by atoms with E-state index >= 15 is 0 Å². The van der Waals surface area contributed by atoms with E-state index in [0.717, 1.165) is 36.2 Å². The fourth-order valence-corrected chi connectivity index (χ4v) is 1.99. The van der Waals surface area contributed by atoms with Gasteiger partial charge in [-0.25, -0.2) is 4.68 Å². The molecule has 0 bridgehead atoms. The summed E-state index contributed by atoms with van der Waals surface area (Å²) in [4.78, 5) is 0. The van der Waals surface area contributed by atoms with Gasteiger partial charge in [0, 0.05) is 18.1 Å². The van der Waals surface area contributed by atoms with E-state index in [0.29, 0.717) is 0 Å². The van der Waals surface area contributed by atoms with E-state index in [1.165, 1.54) is 5.69 Å². The highest BCUT2D eigenvalue weighted by Gasteiger charge is 2.07. The molecule has 0 radical (unpaired) electrons. The number of hydrogen-bond acceptors (Lipinski definition) is 3. The summed E-state index contributed by atoms with van der Waals surface area (Å²) in [6, 6.07) is 2.14. The number of rotatable bonds is 5. The Kier molecular flexibility index (Phi) is 3.93. The van der Waals surface area contributed by atoms with Crippen molar-refractivity contribution in [2.24, 2.45) is 0 Å². The summed E-state index contributed by atoms with van der Waals surface area (Å²) in [6.07, 6.45) is 2.91. The highest BCUT2D eigenvalue weighted by Crippen LogP contribution is 2.08. The molecule has 0 aliphatic rings. The van der Waals surface area contributed by atoms with Crippen LogP contribution in [0, 0.1) is 0 Å². The van der Waals surface area contributed by atoms with Crippen molar-refractivity contribution in [2.45, 2.75) is 38.7 Å². The van der Waals surface area contributed by atoms with Crippen LogP contribution in [0.2, 0.25) is 0 Å². The average molecular weight is 298 g/mol. The molecule has 0 saturated carbocycles. The molecule has 0 spiro atoms. The average Bonchev–Trinajstić information content (AvgIpc) is 2.95. The number of hydrogen-bond donors (Lipinski definition) is 0. The maximum atomic E-state index is 4.52. The van der Waals surface area contributed by atoms with Gasteiger partial charge < -0.3 is 0 Å². The minimum Gasteiger partial charge on any atom is -0.268 e. The lowest BCUT2D eigenvalue weighted by atomic mass is 10.3. The summed E-state index contributed by atoms with van der Waals surface area (Å²) in [5, 5.41) is 13.4. The zero-order valence-electron chi connectivity index (χ0n) is 10.1.